The minimum absolute atomic E-state index is 0.340. The Morgan fingerprint density at radius 1 is 0.909 bits per heavy atom. The first-order valence-electron chi connectivity index (χ1n) is 9.78. The largest absolute Gasteiger partial charge is 0.314 e. The Morgan fingerprint density at radius 2 is 1.68 bits per heavy atom. The summed E-state index contributed by atoms with van der Waals surface area (Å²) in [5.41, 5.74) is 0.340. The summed E-state index contributed by atoms with van der Waals surface area (Å²) in [6.07, 6.45) is 11.2. The van der Waals surface area contributed by atoms with Gasteiger partial charge in [0, 0.05) is 36.8 Å². The number of piperidine rings is 2. The molecule has 22 heavy (non-hydrogen) atoms. The van der Waals surface area contributed by atoms with Gasteiger partial charge < -0.3 is 10.6 Å². The van der Waals surface area contributed by atoms with Crippen LogP contribution in [-0.2, 0) is 0 Å². The van der Waals surface area contributed by atoms with Crippen molar-refractivity contribution in [3.05, 3.63) is 0 Å². The number of nitrogens with one attached hydrogen (secondary N) is 2. The van der Waals surface area contributed by atoms with Crippen molar-refractivity contribution in [2.24, 2.45) is 5.92 Å². The predicted molar refractivity (Wildman–Crippen MR) is 94.3 cm³/mol. The molecule has 3 atom stereocenters. The Bertz CT molecular complexity index is 335. The minimum Gasteiger partial charge on any atom is -0.314 e. The Kier molecular flexibility index (Phi) is 5.47. The van der Waals surface area contributed by atoms with E-state index in [4.69, 9.17) is 0 Å². The highest BCUT2D eigenvalue weighted by Gasteiger charge is 2.36. The zero-order valence-corrected chi connectivity index (χ0v) is 15.0. The SMILES string of the molecule is CC(C)(C)N1CCC(NC2CCCC2C2CCCCN2)CC1. The second kappa shape index (κ2) is 7.19. The Balaban J connectivity index is 1.48. The molecule has 0 spiro atoms. The fourth-order valence-corrected chi connectivity index (χ4v) is 4.94. The van der Waals surface area contributed by atoms with Gasteiger partial charge in [-0.25, -0.2) is 0 Å². The van der Waals surface area contributed by atoms with E-state index >= 15 is 0 Å². The van der Waals surface area contributed by atoms with Gasteiger partial charge in [0.1, 0.15) is 0 Å². The molecule has 3 unspecified atom stereocenters. The van der Waals surface area contributed by atoms with E-state index in [-0.39, 0.29) is 0 Å². The summed E-state index contributed by atoms with van der Waals surface area (Å²) in [6, 6.07) is 2.33. The molecule has 0 bridgehead atoms. The molecule has 0 aromatic heterocycles. The molecule has 3 fully saturated rings. The van der Waals surface area contributed by atoms with Gasteiger partial charge in [0.2, 0.25) is 0 Å². The summed E-state index contributed by atoms with van der Waals surface area (Å²) in [7, 11) is 0. The molecule has 0 radical (unpaired) electrons. The van der Waals surface area contributed by atoms with Crippen LogP contribution in [0.5, 0.6) is 0 Å². The highest BCUT2D eigenvalue weighted by molar-refractivity contribution is 4.95. The van der Waals surface area contributed by atoms with Crippen LogP contribution in [0.4, 0.5) is 0 Å². The van der Waals surface area contributed by atoms with E-state index < -0.39 is 0 Å². The second-order valence-electron chi connectivity index (χ2n) is 8.86. The van der Waals surface area contributed by atoms with Crippen LogP contribution in [0.15, 0.2) is 0 Å². The van der Waals surface area contributed by atoms with E-state index in [0.29, 0.717) is 5.54 Å². The van der Waals surface area contributed by atoms with Crippen LogP contribution in [0.3, 0.4) is 0 Å². The maximum absolute atomic E-state index is 4.07. The van der Waals surface area contributed by atoms with Crippen LogP contribution in [0.1, 0.15) is 72.1 Å². The molecule has 128 valence electrons. The van der Waals surface area contributed by atoms with E-state index in [1.807, 2.05) is 0 Å². The highest BCUT2D eigenvalue weighted by Crippen LogP contribution is 2.33. The maximum atomic E-state index is 4.07. The zero-order chi connectivity index (χ0) is 15.6. The number of hydrogen-bond donors (Lipinski definition) is 2. The van der Waals surface area contributed by atoms with Crippen LogP contribution in [-0.4, -0.2) is 48.2 Å². The van der Waals surface area contributed by atoms with Crippen molar-refractivity contribution >= 4 is 0 Å². The number of likely N-dealkylation sites (tertiary alicyclic amines) is 1. The molecule has 3 heteroatoms. The lowest BCUT2D eigenvalue weighted by molar-refractivity contribution is 0.0908. The molecule has 1 aliphatic carbocycles. The normalized spacial score (nSPS) is 35.9. The molecule has 0 amide bonds. The van der Waals surface area contributed by atoms with Gasteiger partial charge in [-0.3, -0.25) is 4.90 Å². The standard InChI is InChI=1S/C19H37N3/c1-19(2,3)22-13-10-15(11-14-22)21-18-9-6-7-16(18)17-8-4-5-12-20-17/h15-18,20-21H,4-14H2,1-3H3. The average Bonchev–Trinajstić information content (AvgIpc) is 2.96. The van der Waals surface area contributed by atoms with E-state index in [2.05, 4.69) is 36.3 Å². The van der Waals surface area contributed by atoms with E-state index in [0.717, 1.165) is 24.0 Å². The molecule has 0 aromatic carbocycles. The topological polar surface area (TPSA) is 27.3 Å². The van der Waals surface area contributed by atoms with Crippen LogP contribution in [0, 0.1) is 5.92 Å². The van der Waals surface area contributed by atoms with Gasteiger partial charge in [-0.2, -0.15) is 0 Å². The number of rotatable bonds is 3. The van der Waals surface area contributed by atoms with Gasteiger partial charge in [-0.05, 0) is 71.8 Å². The van der Waals surface area contributed by atoms with Gasteiger partial charge in [-0.15, -0.1) is 0 Å². The molecule has 0 aromatic rings. The lowest BCUT2D eigenvalue weighted by Gasteiger charge is -2.42. The lowest BCUT2D eigenvalue weighted by Crippen LogP contribution is -2.54. The second-order valence-corrected chi connectivity index (χ2v) is 8.86. The molecule has 2 aliphatic heterocycles. The summed E-state index contributed by atoms with van der Waals surface area (Å²) in [4.78, 5) is 2.65. The van der Waals surface area contributed by atoms with Crippen molar-refractivity contribution < 1.29 is 0 Å². The number of nitrogens with zero attached hydrogens (tertiary/aromatic N) is 1. The van der Waals surface area contributed by atoms with E-state index in [1.54, 1.807) is 0 Å². The molecular weight excluding hydrogens is 270 g/mol. The number of hydrogen-bond acceptors (Lipinski definition) is 3. The fraction of sp³-hybridized carbons (Fsp3) is 1.00. The van der Waals surface area contributed by atoms with Crippen molar-refractivity contribution in [2.75, 3.05) is 19.6 Å². The monoisotopic (exact) mass is 307 g/mol. The smallest absolute Gasteiger partial charge is 0.0125 e. The van der Waals surface area contributed by atoms with Crippen LogP contribution in [0.2, 0.25) is 0 Å². The van der Waals surface area contributed by atoms with Gasteiger partial charge in [0.05, 0.1) is 0 Å². The third kappa shape index (κ3) is 4.04. The van der Waals surface area contributed by atoms with E-state index in [9.17, 15) is 0 Å². The van der Waals surface area contributed by atoms with Crippen LogP contribution >= 0.6 is 0 Å². The summed E-state index contributed by atoms with van der Waals surface area (Å²) >= 11 is 0. The first kappa shape index (κ1) is 16.7. The van der Waals surface area contributed by atoms with E-state index in [1.165, 1.54) is 71.0 Å². The summed E-state index contributed by atoms with van der Waals surface area (Å²) in [5, 5.41) is 7.88. The van der Waals surface area contributed by atoms with Crippen molar-refractivity contribution in [1.82, 2.24) is 15.5 Å². The molecule has 2 N–H and O–H groups in total. The molecule has 3 rings (SSSR count). The Labute approximate surface area is 137 Å². The average molecular weight is 308 g/mol. The first-order chi connectivity index (χ1) is 10.5. The third-order valence-corrected chi connectivity index (χ3v) is 6.33. The van der Waals surface area contributed by atoms with Gasteiger partial charge in [-0.1, -0.05) is 12.8 Å². The Morgan fingerprint density at radius 3 is 2.32 bits per heavy atom. The highest BCUT2D eigenvalue weighted by atomic mass is 15.2. The molecule has 3 nitrogen and oxygen atoms in total. The van der Waals surface area contributed by atoms with Gasteiger partial charge in [0.25, 0.3) is 0 Å². The minimum atomic E-state index is 0.340. The van der Waals surface area contributed by atoms with Crippen LogP contribution in [0.25, 0.3) is 0 Å². The molecule has 2 saturated heterocycles. The molecule has 3 aliphatic rings. The van der Waals surface area contributed by atoms with Crippen molar-refractivity contribution in [2.45, 2.75) is 95.8 Å². The lowest BCUT2D eigenvalue weighted by atomic mass is 9.87. The molecular formula is C19H37N3. The van der Waals surface area contributed by atoms with Crippen molar-refractivity contribution in [1.29, 1.82) is 0 Å². The summed E-state index contributed by atoms with van der Waals surface area (Å²) in [6.45, 7) is 10.8. The zero-order valence-electron chi connectivity index (χ0n) is 15.0. The van der Waals surface area contributed by atoms with Gasteiger partial charge >= 0.3 is 0 Å². The third-order valence-electron chi connectivity index (χ3n) is 6.33. The first-order valence-corrected chi connectivity index (χ1v) is 9.78. The van der Waals surface area contributed by atoms with Crippen molar-refractivity contribution in [3.8, 4) is 0 Å². The predicted octanol–water partition coefficient (Wildman–Crippen LogP) is 3.15. The van der Waals surface area contributed by atoms with Crippen LogP contribution < -0.4 is 10.6 Å². The quantitative estimate of drug-likeness (QED) is 0.839. The molecule has 2 heterocycles. The maximum Gasteiger partial charge on any atom is 0.0125 e. The van der Waals surface area contributed by atoms with Crippen molar-refractivity contribution in [3.63, 3.8) is 0 Å². The molecule has 1 saturated carbocycles. The van der Waals surface area contributed by atoms with Gasteiger partial charge in [0.15, 0.2) is 0 Å². The Hall–Kier alpha value is -0.120. The summed E-state index contributed by atoms with van der Waals surface area (Å²) in [5.74, 6) is 0.890. The fourth-order valence-electron chi connectivity index (χ4n) is 4.94. The summed E-state index contributed by atoms with van der Waals surface area (Å²) < 4.78 is 0.